The number of carbonyl (C=O) groups is 1. The first-order valence-electron chi connectivity index (χ1n) is 12.2. The zero-order valence-corrected chi connectivity index (χ0v) is 19.7. The fourth-order valence-electron chi connectivity index (χ4n) is 4.90. The molecule has 3 heterocycles. The monoisotopic (exact) mass is 448 g/mol. The molecule has 1 atom stereocenters. The third-order valence-corrected chi connectivity index (χ3v) is 6.78. The molecule has 0 saturated carbocycles. The van der Waals surface area contributed by atoms with Gasteiger partial charge in [-0.1, -0.05) is 36.4 Å². The van der Waals surface area contributed by atoms with Crippen molar-refractivity contribution in [2.45, 2.75) is 25.7 Å². The zero-order valence-electron chi connectivity index (χ0n) is 19.7. The maximum absolute atomic E-state index is 12.8. The highest BCUT2D eigenvalue weighted by atomic mass is 16.5. The van der Waals surface area contributed by atoms with Crippen molar-refractivity contribution in [3.05, 3.63) is 60.3 Å². The van der Waals surface area contributed by atoms with Crippen molar-refractivity contribution < 1.29 is 9.53 Å². The molecule has 1 amide bonds. The van der Waals surface area contributed by atoms with E-state index in [0.717, 1.165) is 69.4 Å². The largest absolute Gasteiger partial charge is 0.496 e. The normalized spacial score (nSPS) is 19.7. The number of nitrogens with zero attached hydrogens (tertiary/aromatic N) is 4. The van der Waals surface area contributed by atoms with E-state index >= 15 is 0 Å². The molecule has 6 nitrogen and oxygen atoms in total. The van der Waals surface area contributed by atoms with Gasteiger partial charge in [-0.2, -0.15) is 0 Å². The number of ether oxygens (including phenoxy) is 1. The lowest BCUT2D eigenvalue weighted by molar-refractivity contribution is -0.131. The van der Waals surface area contributed by atoms with Gasteiger partial charge in [0.15, 0.2) is 0 Å². The quantitative estimate of drug-likeness (QED) is 0.612. The minimum absolute atomic E-state index is 0.309. The number of piperazine rings is 1. The Balaban J connectivity index is 1.18. The van der Waals surface area contributed by atoms with Gasteiger partial charge in [0.05, 0.1) is 7.11 Å². The number of anilines is 1. The molecule has 1 aromatic carbocycles. The number of piperidine rings is 1. The van der Waals surface area contributed by atoms with Crippen molar-refractivity contribution in [2.24, 2.45) is 5.92 Å². The maximum Gasteiger partial charge on any atom is 0.222 e. The molecule has 0 bridgehead atoms. The Hall–Kier alpha value is -2.86. The van der Waals surface area contributed by atoms with Crippen LogP contribution in [0, 0.1) is 5.92 Å². The fourth-order valence-corrected chi connectivity index (χ4v) is 4.90. The molecule has 2 fully saturated rings. The van der Waals surface area contributed by atoms with Crippen LogP contribution in [0.4, 0.5) is 5.82 Å². The smallest absolute Gasteiger partial charge is 0.222 e. The van der Waals surface area contributed by atoms with Gasteiger partial charge < -0.3 is 14.5 Å². The van der Waals surface area contributed by atoms with E-state index in [1.54, 1.807) is 7.11 Å². The Morgan fingerprint density at radius 2 is 1.91 bits per heavy atom. The predicted molar refractivity (Wildman–Crippen MR) is 133 cm³/mol. The summed E-state index contributed by atoms with van der Waals surface area (Å²) in [7, 11) is 1.71. The molecule has 2 aromatic rings. The number of hydrogen-bond donors (Lipinski definition) is 0. The minimum atomic E-state index is 0.309. The summed E-state index contributed by atoms with van der Waals surface area (Å²) in [6, 6.07) is 14.1. The highest BCUT2D eigenvalue weighted by molar-refractivity contribution is 5.76. The summed E-state index contributed by atoms with van der Waals surface area (Å²) < 4.78 is 5.43. The highest BCUT2D eigenvalue weighted by Crippen LogP contribution is 2.23. The minimum Gasteiger partial charge on any atom is -0.496 e. The number of hydrogen-bond acceptors (Lipinski definition) is 5. The number of para-hydroxylation sites is 1. The number of amides is 1. The van der Waals surface area contributed by atoms with Crippen LogP contribution < -0.4 is 9.64 Å². The first kappa shape index (κ1) is 23.3. The number of benzene rings is 1. The Labute approximate surface area is 197 Å². The zero-order chi connectivity index (χ0) is 22.9. The summed E-state index contributed by atoms with van der Waals surface area (Å²) in [6.07, 6.45) is 10.3. The second kappa shape index (κ2) is 11.8. The summed E-state index contributed by atoms with van der Waals surface area (Å²) in [5.74, 6) is 2.83. The van der Waals surface area contributed by atoms with Gasteiger partial charge in [-0.25, -0.2) is 4.98 Å². The van der Waals surface area contributed by atoms with E-state index in [4.69, 9.17) is 4.74 Å². The van der Waals surface area contributed by atoms with Crippen LogP contribution >= 0.6 is 0 Å². The van der Waals surface area contributed by atoms with Crippen molar-refractivity contribution in [3.8, 4) is 5.75 Å². The van der Waals surface area contributed by atoms with Gasteiger partial charge in [0.2, 0.25) is 5.91 Å². The number of likely N-dealkylation sites (tertiary alicyclic amines) is 1. The number of aromatic nitrogens is 1. The Morgan fingerprint density at radius 1 is 1.09 bits per heavy atom. The highest BCUT2D eigenvalue weighted by Gasteiger charge is 2.24. The van der Waals surface area contributed by atoms with Gasteiger partial charge in [0.25, 0.3) is 0 Å². The molecule has 2 aliphatic heterocycles. The van der Waals surface area contributed by atoms with Gasteiger partial charge in [-0.15, -0.1) is 0 Å². The molecule has 6 heteroatoms. The van der Waals surface area contributed by atoms with Crippen LogP contribution in [0.1, 0.15) is 31.2 Å². The van der Waals surface area contributed by atoms with Crippen molar-refractivity contribution in [2.75, 3.05) is 57.8 Å². The van der Waals surface area contributed by atoms with Crippen molar-refractivity contribution in [1.29, 1.82) is 0 Å². The molecule has 0 radical (unpaired) electrons. The molecule has 4 rings (SSSR count). The Bertz CT molecular complexity index is 909. The number of carbonyl (C=O) groups excluding carboxylic acids is 1. The van der Waals surface area contributed by atoms with Crippen LogP contribution in [0.5, 0.6) is 5.75 Å². The number of pyridine rings is 1. The molecule has 2 saturated heterocycles. The second-order valence-electron chi connectivity index (χ2n) is 9.01. The van der Waals surface area contributed by atoms with E-state index < -0.39 is 0 Å². The second-order valence-corrected chi connectivity index (χ2v) is 9.01. The van der Waals surface area contributed by atoms with E-state index in [1.165, 1.54) is 12.8 Å². The van der Waals surface area contributed by atoms with E-state index in [2.05, 4.69) is 33.0 Å². The van der Waals surface area contributed by atoms with Crippen LogP contribution in [-0.4, -0.2) is 73.6 Å². The van der Waals surface area contributed by atoms with Gasteiger partial charge in [-0.3, -0.25) is 9.69 Å². The first-order valence-corrected chi connectivity index (χ1v) is 12.2. The molecule has 33 heavy (non-hydrogen) atoms. The van der Waals surface area contributed by atoms with Gasteiger partial charge >= 0.3 is 0 Å². The van der Waals surface area contributed by atoms with Crippen LogP contribution in [0.25, 0.3) is 6.08 Å². The Kier molecular flexibility index (Phi) is 8.36. The van der Waals surface area contributed by atoms with Crippen LogP contribution in [0.3, 0.4) is 0 Å². The standard InChI is InChI=1S/C27H36N4O2/c1-33-25-11-3-2-9-24(25)10-7-17-29-16-6-8-23(22-29)13-14-27(32)31-20-18-30(19-21-31)26-12-4-5-15-28-26/h2-5,7,9-12,15,23H,6,8,13-14,16-22H2,1H3/b10-7+. The molecule has 2 aliphatic rings. The molecule has 0 aliphatic carbocycles. The van der Waals surface area contributed by atoms with Gasteiger partial charge in [0.1, 0.15) is 11.6 Å². The van der Waals surface area contributed by atoms with Gasteiger partial charge in [0, 0.05) is 57.4 Å². The maximum atomic E-state index is 12.8. The van der Waals surface area contributed by atoms with Crippen LogP contribution in [-0.2, 0) is 4.79 Å². The lowest BCUT2D eigenvalue weighted by Gasteiger charge is -2.36. The Morgan fingerprint density at radius 3 is 2.70 bits per heavy atom. The summed E-state index contributed by atoms with van der Waals surface area (Å²) in [6.45, 7) is 6.46. The van der Waals surface area contributed by atoms with E-state index in [9.17, 15) is 4.79 Å². The topological polar surface area (TPSA) is 48.9 Å². The lowest BCUT2D eigenvalue weighted by atomic mass is 9.93. The summed E-state index contributed by atoms with van der Waals surface area (Å²) in [5.41, 5.74) is 1.11. The molecular weight excluding hydrogens is 412 g/mol. The van der Waals surface area contributed by atoms with Crippen LogP contribution in [0.2, 0.25) is 0 Å². The van der Waals surface area contributed by atoms with Crippen molar-refractivity contribution in [3.63, 3.8) is 0 Å². The van der Waals surface area contributed by atoms with Crippen molar-refractivity contribution in [1.82, 2.24) is 14.8 Å². The molecule has 176 valence electrons. The number of rotatable bonds is 8. The molecule has 1 aromatic heterocycles. The van der Waals surface area contributed by atoms with Crippen LogP contribution in [0.15, 0.2) is 54.7 Å². The SMILES string of the molecule is COc1ccccc1/C=C/CN1CCCC(CCC(=O)N2CCN(c3ccccn3)CC2)C1. The average Bonchev–Trinajstić information content (AvgIpc) is 2.88. The molecule has 0 spiro atoms. The summed E-state index contributed by atoms with van der Waals surface area (Å²) >= 11 is 0. The molecule has 1 unspecified atom stereocenters. The first-order chi connectivity index (χ1) is 16.2. The molecule has 0 N–H and O–H groups in total. The third-order valence-electron chi connectivity index (χ3n) is 6.78. The van der Waals surface area contributed by atoms with Gasteiger partial charge in [-0.05, 0) is 49.9 Å². The summed E-state index contributed by atoms with van der Waals surface area (Å²) in [4.78, 5) is 24.1. The fraction of sp³-hybridized carbons (Fsp3) is 0.481. The lowest BCUT2D eigenvalue weighted by Crippen LogP contribution is -2.49. The third kappa shape index (κ3) is 6.57. The predicted octanol–water partition coefficient (Wildman–Crippen LogP) is 3.94. The van der Waals surface area contributed by atoms with Crippen molar-refractivity contribution >= 4 is 17.8 Å². The molecular formula is C27H36N4O2. The average molecular weight is 449 g/mol. The van der Waals surface area contributed by atoms with E-state index in [1.807, 2.05) is 47.5 Å². The van der Waals surface area contributed by atoms with E-state index in [0.29, 0.717) is 18.2 Å². The van der Waals surface area contributed by atoms with E-state index in [-0.39, 0.29) is 0 Å². The number of methoxy groups -OCH3 is 1. The summed E-state index contributed by atoms with van der Waals surface area (Å²) in [5, 5.41) is 0.